The first kappa shape index (κ1) is 12.0. The highest BCUT2D eigenvalue weighted by Crippen LogP contribution is 2.21. The first-order valence-electron chi connectivity index (χ1n) is 6.53. The van der Waals surface area contributed by atoms with Gasteiger partial charge in [0.2, 0.25) is 0 Å². The maximum Gasteiger partial charge on any atom is 0.0371 e. The lowest BCUT2D eigenvalue weighted by atomic mass is 9.97. The molecule has 0 radical (unpaired) electrons. The smallest absolute Gasteiger partial charge is 0.0371 e. The predicted molar refractivity (Wildman–Crippen MR) is 75.2 cm³/mol. The van der Waals surface area contributed by atoms with Crippen molar-refractivity contribution in [1.82, 2.24) is 0 Å². The van der Waals surface area contributed by atoms with Gasteiger partial charge in [0.15, 0.2) is 0 Å². The van der Waals surface area contributed by atoms with E-state index >= 15 is 0 Å². The summed E-state index contributed by atoms with van der Waals surface area (Å²) in [4.78, 5) is 0. The fourth-order valence-electron chi connectivity index (χ4n) is 2.37. The van der Waals surface area contributed by atoms with Gasteiger partial charge in [-0.25, -0.2) is 0 Å². The van der Waals surface area contributed by atoms with Crippen LogP contribution in [0.1, 0.15) is 37.7 Å². The van der Waals surface area contributed by atoms with Crippen molar-refractivity contribution in [1.29, 1.82) is 0 Å². The Morgan fingerprint density at radius 1 is 1.29 bits per heavy atom. The van der Waals surface area contributed by atoms with Crippen LogP contribution >= 0.6 is 0 Å². The number of nitrogens with one attached hydrogen (secondary N) is 1. The van der Waals surface area contributed by atoms with Crippen molar-refractivity contribution in [2.45, 2.75) is 39.0 Å². The summed E-state index contributed by atoms with van der Waals surface area (Å²) in [5.74, 6) is 0. The highest BCUT2D eigenvalue weighted by atomic mass is 14.9. The predicted octanol–water partition coefficient (Wildman–Crippen LogP) is 3.88. The number of allylic oxidation sites excluding steroid dienone is 1. The van der Waals surface area contributed by atoms with Crippen molar-refractivity contribution in [2.75, 3.05) is 17.6 Å². The lowest BCUT2D eigenvalue weighted by Crippen LogP contribution is -2.05. The molecule has 1 aromatic rings. The van der Waals surface area contributed by atoms with E-state index in [9.17, 15) is 0 Å². The second kappa shape index (κ2) is 5.76. The molecule has 0 saturated carbocycles. The number of benzene rings is 1. The Balaban J connectivity index is 1.83. The summed E-state index contributed by atoms with van der Waals surface area (Å²) in [5, 5.41) is 3.49. The van der Waals surface area contributed by atoms with Gasteiger partial charge in [0.05, 0.1) is 0 Å². The van der Waals surface area contributed by atoms with Gasteiger partial charge in [0.1, 0.15) is 0 Å². The molecule has 0 amide bonds. The Morgan fingerprint density at radius 3 is 2.88 bits per heavy atom. The molecule has 2 nitrogen and oxygen atoms in total. The maximum atomic E-state index is 5.74. The molecule has 0 spiro atoms. The van der Waals surface area contributed by atoms with E-state index in [1.165, 1.54) is 43.4 Å². The average molecular weight is 230 g/mol. The van der Waals surface area contributed by atoms with Gasteiger partial charge in [-0.3, -0.25) is 0 Å². The zero-order valence-electron chi connectivity index (χ0n) is 10.6. The van der Waals surface area contributed by atoms with Crippen molar-refractivity contribution in [3.63, 3.8) is 0 Å². The Labute approximate surface area is 104 Å². The summed E-state index contributed by atoms with van der Waals surface area (Å²) >= 11 is 0. The first-order chi connectivity index (χ1) is 8.25. The fraction of sp³-hybridized carbons (Fsp3) is 0.467. The van der Waals surface area contributed by atoms with E-state index in [0.717, 1.165) is 12.2 Å². The van der Waals surface area contributed by atoms with Crippen LogP contribution in [0.4, 0.5) is 11.4 Å². The second-order valence-corrected chi connectivity index (χ2v) is 4.86. The van der Waals surface area contributed by atoms with E-state index < -0.39 is 0 Å². The summed E-state index contributed by atoms with van der Waals surface area (Å²) in [6, 6.07) is 6.04. The molecule has 92 valence electrons. The number of anilines is 2. The van der Waals surface area contributed by atoms with Gasteiger partial charge in [-0.05, 0) is 62.8 Å². The molecular formula is C15H22N2. The van der Waals surface area contributed by atoms with Crippen LogP contribution in [-0.4, -0.2) is 6.54 Å². The molecule has 0 aliphatic heterocycles. The van der Waals surface area contributed by atoms with Gasteiger partial charge in [-0.1, -0.05) is 11.6 Å². The minimum absolute atomic E-state index is 0.836. The second-order valence-electron chi connectivity index (χ2n) is 4.86. The largest absolute Gasteiger partial charge is 0.399 e. The van der Waals surface area contributed by atoms with Crippen LogP contribution in [0.2, 0.25) is 0 Å². The third-order valence-corrected chi connectivity index (χ3v) is 3.40. The van der Waals surface area contributed by atoms with Crippen LogP contribution in [0.15, 0.2) is 29.8 Å². The normalized spacial score (nSPS) is 15.5. The van der Waals surface area contributed by atoms with E-state index in [4.69, 9.17) is 5.73 Å². The average Bonchev–Trinajstić information content (AvgIpc) is 2.33. The fourth-order valence-corrected chi connectivity index (χ4v) is 2.37. The summed E-state index contributed by atoms with van der Waals surface area (Å²) in [5.41, 5.74) is 10.6. The highest BCUT2D eigenvalue weighted by molar-refractivity contribution is 5.57. The van der Waals surface area contributed by atoms with Crippen LogP contribution in [0.5, 0.6) is 0 Å². The van der Waals surface area contributed by atoms with Crippen molar-refractivity contribution in [3.8, 4) is 0 Å². The van der Waals surface area contributed by atoms with Crippen LogP contribution in [0.25, 0.3) is 0 Å². The van der Waals surface area contributed by atoms with Crippen LogP contribution in [-0.2, 0) is 0 Å². The van der Waals surface area contributed by atoms with Gasteiger partial charge in [-0.2, -0.15) is 0 Å². The number of aryl methyl sites for hydroxylation is 1. The van der Waals surface area contributed by atoms with Crippen molar-refractivity contribution >= 4 is 11.4 Å². The minimum Gasteiger partial charge on any atom is -0.399 e. The van der Waals surface area contributed by atoms with Crippen molar-refractivity contribution < 1.29 is 0 Å². The summed E-state index contributed by atoms with van der Waals surface area (Å²) in [7, 11) is 0. The third-order valence-electron chi connectivity index (χ3n) is 3.40. The Morgan fingerprint density at radius 2 is 2.18 bits per heavy atom. The molecule has 17 heavy (non-hydrogen) atoms. The zero-order valence-corrected chi connectivity index (χ0v) is 10.6. The number of nitrogens with two attached hydrogens (primary N) is 1. The minimum atomic E-state index is 0.836. The molecule has 0 bridgehead atoms. The van der Waals surface area contributed by atoms with Gasteiger partial charge in [0.25, 0.3) is 0 Å². The molecule has 0 aromatic heterocycles. The molecular weight excluding hydrogens is 208 g/mol. The van der Waals surface area contributed by atoms with E-state index in [2.05, 4.69) is 24.4 Å². The Kier molecular flexibility index (Phi) is 4.08. The molecule has 0 fully saturated rings. The monoisotopic (exact) mass is 230 g/mol. The van der Waals surface area contributed by atoms with Gasteiger partial charge in [-0.15, -0.1) is 0 Å². The van der Waals surface area contributed by atoms with E-state index in [-0.39, 0.29) is 0 Å². The number of nitrogen functional groups attached to an aromatic ring is 1. The molecule has 0 unspecified atom stereocenters. The highest BCUT2D eigenvalue weighted by Gasteiger charge is 2.03. The van der Waals surface area contributed by atoms with Crippen molar-refractivity contribution in [2.24, 2.45) is 0 Å². The van der Waals surface area contributed by atoms with Gasteiger partial charge < -0.3 is 11.1 Å². The third kappa shape index (κ3) is 3.52. The molecule has 0 saturated heterocycles. The number of rotatable bonds is 4. The Bertz CT molecular complexity index is 407. The lowest BCUT2D eigenvalue weighted by Gasteiger charge is -2.14. The molecule has 1 aliphatic rings. The quantitative estimate of drug-likeness (QED) is 0.608. The standard InChI is InChI=1S/C15H22N2/c1-12-11-14(16)7-8-15(12)17-10-9-13-5-3-2-4-6-13/h5,7-8,11,17H,2-4,6,9-10,16H2,1H3. The van der Waals surface area contributed by atoms with Crippen LogP contribution < -0.4 is 11.1 Å². The van der Waals surface area contributed by atoms with Crippen molar-refractivity contribution in [3.05, 3.63) is 35.4 Å². The molecule has 2 heteroatoms. The van der Waals surface area contributed by atoms with E-state index in [1.54, 1.807) is 5.57 Å². The molecule has 2 rings (SSSR count). The lowest BCUT2D eigenvalue weighted by molar-refractivity contribution is 0.679. The molecule has 0 atom stereocenters. The first-order valence-corrected chi connectivity index (χ1v) is 6.53. The Hall–Kier alpha value is -1.44. The summed E-state index contributed by atoms with van der Waals surface area (Å²) < 4.78 is 0. The molecule has 0 heterocycles. The van der Waals surface area contributed by atoms with E-state index in [1.807, 2.05) is 12.1 Å². The van der Waals surface area contributed by atoms with E-state index in [0.29, 0.717) is 0 Å². The zero-order chi connectivity index (χ0) is 12.1. The summed E-state index contributed by atoms with van der Waals surface area (Å²) in [6.45, 7) is 3.12. The summed E-state index contributed by atoms with van der Waals surface area (Å²) in [6.07, 6.45) is 8.89. The molecule has 1 aliphatic carbocycles. The van der Waals surface area contributed by atoms with Crippen LogP contribution in [0, 0.1) is 6.92 Å². The SMILES string of the molecule is Cc1cc(N)ccc1NCCC1=CCCCC1. The topological polar surface area (TPSA) is 38.0 Å². The maximum absolute atomic E-state index is 5.74. The van der Waals surface area contributed by atoms with Gasteiger partial charge in [0, 0.05) is 17.9 Å². The van der Waals surface area contributed by atoms with Crippen LogP contribution in [0.3, 0.4) is 0 Å². The van der Waals surface area contributed by atoms with Gasteiger partial charge >= 0.3 is 0 Å². The molecule has 1 aromatic carbocycles. The number of hydrogen-bond donors (Lipinski definition) is 2. The number of hydrogen-bond acceptors (Lipinski definition) is 2. The molecule has 3 N–H and O–H groups in total.